The molecule has 6 aromatic heterocycles. The van der Waals surface area contributed by atoms with Gasteiger partial charge in [-0.1, -0.05) is 85.1 Å². The van der Waals surface area contributed by atoms with E-state index in [0.29, 0.717) is 11.5 Å². The van der Waals surface area contributed by atoms with E-state index in [1.165, 1.54) is 43.9 Å². The number of aromatic nitrogens is 5. The minimum atomic E-state index is -0.0292. The normalized spacial score (nSPS) is 12.4. The summed E-state index contributed by atoms with van der Waals surface area (Å²) in [6.07, 6.45) is 5.88. The van der Waals surface area contributed by atoms with Crippen molar-refractivity contribution in [2.24, 2.45) is 0 Å². The van der Waals surface area contributed by atoms with Gasteiger partial charge in [0.25, 0.3) is 0 Å². The van der Waals surface area contributed by atoms with E-state index in [1.807, 2.05) is 30.6 Å². The first-order chi connectivity index (χ1) is 24.2. The number of para-hydroxylation sites is 1. The molecular weight excluding hydrogens is 810 g/mol. The van der Waals surface area contributed by atoms with Gasteiger partial charge in [0.2, 0.25) is 0 Å². The van der Waals surface area contributed by atoms with Crippen LogP contribution in [-0.4, -0.2) is 23.8 Å². The fourth-order valence-corrected chi connectivity index (χ4v) is 8.22. The summed E-state index contributed by atoms with van der Waals surface area (Å²) in [6, 6.07) is 32.6. The first-order valence-electron chi connectivity index (χ1n) is 17.0. The number of rotatable bonds is 3. The van der Waals surface area contributed by atoms with Crippen LogP contribution >= 0.6 is 0 Å². The van der Waals surface area contributed by atoms with Gasteiger partial charge in [-0.3, -0.25) is 9.97 Å². The standard InChI is InChI=1S/C44H33N5O.Pt/c1-24-19-25(2)38(26(3)20-24)35-23-48-36-11-8-17-45-40(36)30-15-13-27(21-33(30)42(48)47-35)50-28-12-14-29-31-9-7-10-32-39-34(44(4,5)6)16-18-46-43(39)49(41(31)32)37(29)22-28;/h7-20,23H,1-6H3;/q-2;+2. The molecule has 6 heterocycles. The van der Waals surface area contributed by atoms with E-state index in [9.17, 15) is 0 Å². The summed E-state index contributed by atoms with van der Waals surface area (Å²) in [6.45, 7) is 13.2. The molecule has 0 aliphatic rings. The van der Waals surface area contributed by atoms with Crippen molar-refractivity contribution < 1.29 is 25.8 Å². The van der Waals surface area contributed by atoms with Crippen LogP contribution < -0.4 is 4.74 Å². The molecule has 250 valence electrons. The van der Waals surface area contributed by atoms with Gasteiger partial charge in [0.1, 0.15) is 5.65 Å². The van der Waals surface area contributed by atoms with Crippen molar-refractivity contribution in [1.29, 1.82) is 0 Å². The summed E-state index contributed by atoms with van der Waals surface area (Å²) in [4.78, 5) is 14.9. The van der Waals surface area contributed by atoms with Crippen LogP contribution in [-0.2, 0) is 26.5 Å². The number of hydrogen-bond acceptors (Lipinski definition) is 4. The van der Waals surface area contributed by atoms with Crippen molar-refractivity contribution in [1.82, 2.24) is 23.8 Å². The van der Waals surface area contributed by atoms with Gasteiger partial charge in [-0.25, -0.2) is 4.98 Å². The maximum absolute atomic E-state index is 6.57. The van der Waals surface area contributed by atoms with Crippen LogP contribution in [0.4, 0.5) is 0 Å². The number of aryl methyl sites for hydroxylation is 3. The topological polar surface area (TPSA) is 56.7 Å². The largest absolute Gasteiger partial charge is 2.00 e. The molecule has 0 aliphatic heterocycles. The molecule has 0 unspecified atom stereocenters. The Balaban J connectivity index is 0.00000348. The van der Waals surface area contributed by atoms with Gasteiger partial charge in [0, 0.05) is 51.9 Å². The zero-order valence-corrected chi connectivity index (χ0v) is 31.4. The molecule has 4 aromatic carbocycles. The van der Waals surface area contributed by atoms with Crippen LogP contribution in [0.2, 0.25) is 0 Å². The van der Waals surface area contributed by atoms with Gasteiger partial charge < -0.3 is 13.5 Å². The summed E-state index contributed by atoms with van der Waals surface area (Å²) in [5, 5.41) is 6.55. The summed E-state index contributed by atoms with van der Waals surface area (Å²) in [5.41, 5.74) is 12.8. The number of benzene rings is 4. The first-order valence-corrected chi connectivity index (χ1v) is 17.0. The molecule has 7 heteroatoms. The second kappa shape index (κ2) is 11.1. The minimum absolute atomic E-state index is 0. The quantitative estimate of drug-likeness (QED) is 0.131. The fraction of sp³-hybridized carbons (Fsp3) is 0.159. The average Bonchev–Trinajstić information content (AvgIpc) is 3.77. The molecule has 0 radical (unpaired) electrons. The van der Waals surface area contributed by atoms with E-state index in [2.05, 4.69) is 123 Å². The Morgan fingerprint density at radius 2 is 1.47 bits per heavy atom. The third kappa shape index (κ3) is 4.55. The molecule has 0 amide bonds. The molecular formula is C44H33N5OPt. The molecule has 0 saturated carbocycles. The Labute approximate surface area is 309 Å². The number of pyridine rings is 3. The minimum Gasteiger partial charge on any atom is -0.503 e. The second-order valence-corrected chi connectivity index (χ2v) is 14.6. The van der Waals surface area contributed by atoms with E-state index >= 15 is 0 Å². The van der Waals surface area contributed by atoms with Crippen LogP contribution in [0.25, 0.3) is 76.9 Å². The van der Waals surface area contributed by atoms with Crippen LogP contribution in [0.3, 0.4) is 0 Å². The Bertz CT molecular complexity index is 3020. The van der Waals surface area contributed by atoms with Crippen molar-refractivity contribution >= 4 is 65.7 Å². The van der Waals surface area contributed by atoms with Gasteiger partial charge in [-0.2, -0.15) is 6.07 Å². The fourth-order valence-electron chi connectivity index (χ4n) is 8.22. The van der Waals surface area contributed by atoms with E-state index in [-0.39, 0.29) is 26.5 Å². The first kappa shape index (κ1) is 31.6. The summed E-state index contributed by atoms with van der Waals surface area (Å²) in [5.74, 6) is 1.20. The molecule has 0 spiro atoms. The van der Waals surface area contributed by atoms with Gasteiger partial charge in [0.05, 0.1) is 22.4 Å². The van der Waals surface area contributed by atoms with Crippen molar-refractivity contribution in [2.45, 2.75) is 47.0 Å². The Kier molecular flexibility index (Phi) is 6.88. The van der Waals surface area contributed by atoms with Gasteiger partial charge in [0.15, 0.2) is 0 Å². The third-order valence-corrected chi connectivity index (χ3v) is 10.2. The van der Waals surface area contributed by atoms with Gasteiger partial charge >= 0.3 is 21.1 Å². The predicted molar refractivity (Wildman–Crippen MR) is 203 cm³/mol. The molecule has 51 heavy (non-hydrogen) atoms. The Hall–Kier alpha value is -5.32. The molecule has 0 N–H and O–H groups in total. The van der Waals surface area contributed by atoms with Crippen LogP contribution in [0.15, 0.2) is 91.4 Å². The zero-order chi connectivity index (χ0) is 34.1. The van der Waals surface area contributed by atoms with E-state index in [1.54, 1.807) is 0 Å². The SMILES string of the molecule is Cc1cc(C)c(-c2cn3c4cccnc4c4ccc(Oc5[c-]c6c(cc5)c5cccc7c8c(C(C)(C)C)ccnc8n6c57)[c-]c4c3n2)c(C)c1.[Pt+2]. The average molecular weight is 843 g/mol. The molecule has 0 saturated heterocycles. The maximum atomic E-state index is 6.57. The molecule has 0 atom stereocenters. The number of fused-ring (bicyclic) bond motifs is 12. The number of ether oxygens (including phenoxy) is 1. The smallest absolute Gasteiger partial charge is 0.503 e. The number of hydrogen-bond donors (Lipinski definition) is 0. The second-order valence-electron chi connectivity index (χ2n) is 14.6. The van der Waals surface area contributed by atoms with Crippen LogP contribution in [0.5, 0.6) is 11.5 Å². The maximum Gasteiger partial charge on any atom is 2.00 e. The monoisotopic (exact) mass is 842 g/mol. The number of imidazole rings is 1. The Morgan fingerprint density at radius 1 is 0.725 bits per heavy atom. The molecule has 0 bridgehead atoms. The van der Waals surface area contributed by atoms with Crippen molar-refractivity contribution in [3.63, 3.8) is 0 Å². The summed E-state index contributed by atoms with van der Waals surface area (Å²) < 4.78 is 11.0. The molecule has 10 aromatic rings. The molecule has 6 nitrogen and oxygen atoms in total. The zero-order valence-electron chi connectivity index (χ0n) is 29.1. The van der Waals surface area contributed by atoms with E-state index in [0.717, 1.165) is 55.3 Å². The summed E-state index contributed by atoms with van der Waals surface area (Å²) in [7, 11) is 0. The Morgan fingerprint density at radius 3 is 2.25 bits per heavy atom. The van der Waals surface area contributed by atoms with Gasteiger partial charge in [-0.15, -0.1) is 23.6 Å². The van der Waals surface area contributed by atoms with Crippen molar-refractivity contribution in [3.8, 4) is 22.8 Å². The third-order valence-electron chi connectivity index (χ3n) is 10.2. The molecule has 0 fully saturated rings. The number of nitrogens with zero attached hydrogens (tertiary/aromatic N) is 5. The van der Waals surface area contributed by atoms with Crippen LogP contribution in [0.1, 0.15) is 43.0 Å². The molecule has 10 rings (SSSR count). The summed E-state index contributed by atoms with van der Waals surface area (Å²) >= 11 is 0. The van der Waals surface area contributed by atoms with E-state index < -0.39 is 0 Å². The van der Waals surface area contributed by atoms with Crippen molar-refractivity contribution in [3.05, 3.63) is 126 Å². The van der Waals surface area contributed by atoms with Crippen LogP contribution in [0, 0.1) is 32.9 Å². The van der Waals surface area contributed by atoms with Gasteiger partial charge in [-0.05, 0) is 66.5 Å². The van der Waals surface area contributed by atoms with E-state index in [4.69, 9.17) is 19.7 Å². The van der Waals surface area contributed by atoms with Crippen molar-refractivity contribution in [2.75, 3.05) is 0 Å². The predicted octanol–water partition coefficient (Wildman–Crippen LogP) is 10.9. The molecule has 0 aliphatic carbocycles.